The molecule has 2 aromatic heterocycles. The van der Waals surface area contributed by atoms with Crippen LogP contribution in [0.4, 0.5) is 0 Å². The summed E-state index contributed by atoms with van der Waals surface area (Å²) in [4.78, 5) is 4.57. The van der Waals surface area contributed by atoms with Crippen LogP contribution in [-0.4, -0.2) is 11.5 Å². The Morgan fingerprint density at radius 3 is 2.62 bits per heavy atom. The molecule has 0 radical (unpaired) electrons. The van der Waals surface area contributed by atoms with Gasteiger partial charge in [0.05, 0.1) is 16.3 Å². The molecule has 0 aliphatic rings. The number of pyridine rings is 1. The number of aromatic nitrogens is 1. The van der Waals surface area contributed by atoms with Gasteiger partial charge >= 0.3 is 0 Å². The van der Waals surface area contributed by atoms with Crippen molar-refractivity contribution >= 4 is 21.6 Å². The summed E-state index contributed by atoms with van der Waals surface area (Å²) < 4.78 is 1.25. The average Bonchev–Trinajstić information content (AvgIpc) is 3.00. The Hall–Kier alpha value is -1.71. The van der Waals surface area contributed by atoms with Crippen molar-refractivity contribution in [3.63, 3.8) is 0 Å². The molecule has 0 aliphatic carbocycles. The van der Waals surface area contributed by atoms with Gasteiger partial charge in [0.1, 0.15) is 0 Å². The van der Waals surface area contributed by atoms with Crippen molar-refractivity contribution in [2.45, 2.75) is 26.3 Å². The topological polar surface area (TPSA) is 24.9 Å². The molecule has 1 unspecified atom stereocenters. The molecular weight excluding hydrogens is 276 g/mol. The predicted octanol–water partition coefficient (Wildman–Crippen LogP) is 4.56. The highest BCUT2D eigenvalue weighted by atomic mass is 32.1. The van der Waals surface area contributed by atoms with Crippen molar-refractivity contribution in [2.75, 3.05) is 6.54 Å². The molecule has 1 N–H and O–H groups in total. The number of hydrogen-bond donors (Lipinski definition) is 1. The van der Waals surface area contributed by atoms with E-state index in [1.54, 1.807) is 11.3 Å². The first kappa shape index (κ1) is 14.2. The lowest BCUT2D eigenvalue weighted by molar-refractivity contribution is 0.629. The highest BCUT2D eigenvalue weighted by molar-refractivity contribution is 7.17. The molecule has 3 rings (SSSR count). The van der Waals surface area contributed by atoms with E-state index in [9.17, 15) is 0 Å². The lowest BCUT2D eigenvalue weighted by atomic mass is 9.98. The van der Waals surface area contributed by atoms with Crippen LogP contribution in [0.3, 0.4) is 0 Å². The molecule has 21 heavy (non-hydrogen) atoms. The molecule has 0 spiro atoms. The second-order valence-corrected chi connectivity index (χ2v) is 6.11. The normalized spacial score (nSPS) is 12.7. The first-order chi connectivity index (χ1) is 10.3. The van der Waals surface area contributed by atoms with Crippen LogP contribution in [0.15, 0.2) is 48.0 Å². The summed E-state index contributed by atoms with van der Waals surface area (Å²) in [5.74, 6) is 0. The maximum atomic E-state index is 4.57. The van der Waals surface area contributed by atoms with Gasteiger partial charge in [-0.25, -0.2) is 0 Å². The Morgan fingerprint density at radius 2 is 1.90 bits per heavy atom. The fraction of sp³-hybridized carbons (Fsp3) is 0.278. The fourth-order valence-corrected chi connectivity index (χ4v) is 3.39. The number of aryl methyl sites for hydroxylation is 1. The Kier molecular flexibility index (Phi) is 4.32. The third-order valence-corrected chi connectivity index (χ3v) is 4.64. The van der Waals surface area contributed by atoms with Gasteiger partial charge in [0, 0.05) is 6.20 Å². The molecule has 0 saturated carbocycles. The average molecular weight is 296 g/mol. The van der Waals surface area contributed by atoms with Gasteiger partial charge in [-0.05, 0) is 47.2 Å². The van der Waals surface area contributed by atoms with Crippen molar-refractivity contribution in [1.82, 2.24) is 10.3 Å². The SMILES string of the molecule is CCNC(c1ccc(CC)cc1)c1cnc2ccsc2c1. The van der Waals surface area contributed by atoms with Crippen molar-refractivity contribution in [3.8, 4) is 0 Å². The van der Waals surface area contributed by atoms with Crippen LogP contribution in [0.5, 0.6) is 0 Å². The van der Waals surface area contributed by atoms with Gasteiger partial charge in [-0.1, -0.05) is 38.1 Å². The maximum Gasteiger partial charge on any atom is 0.0809 e. The summed E-state index contributed by atoms with van der Waals surface area (Å²) in [7, 11) is 0. The van der Waals surface area contributed by atoms with Crippen molar-refractivity contribution in [1.29, 1.82) is 0 Å². The van der Waals surface area contributed by atoms with Crippen LogP contribution >= 0.6 is 11.3 Å². The summed E-state index contributed by atoms with van der Waals surface area (Å²) >= 11 is 1.75. The molecular formula is C18H20N2S. The summed E-state index contributed by atoms with van der Waals surface area (Å²) in [6.07, 6.45) is 3.07. The lowest BCUT2D eigenvalue weighted by Crippen LogP contribution is -2.22. The van der Waals surface area contributed by atoms with E-state index in [2.05, 4.69) is 65.9 Å². The minimum Gasteiger partial charge on any atom is -0.306 e. The number of rotatable bonds is 5. The summed E-state index contributed by atoms with van der Waals surface area (Å²) in [5, 5.41) is 5.67. The predicted molar refractivity (Wildman–Crippen MR) is 91.0 cm³/mol. The molecule has 0 aliphatic heterocycles. The third-order valence-electron chi connectivity index (χ3n) is 3.79. The van der Waals surface area contributed by atoms with E-state index in [1.807, 2.05) is 6.20 Å². The van der Waals surface area contributed by atoms with E-state index >= 15 is 0 Å². The number of thiophene rings is 1. The van der Waals surface area contributed by atoms with Gasteiger partial charge in [0.2, 0.25) is 0 Å². The van der Waals surface area contributed by atoms with Gasteiger partial charge in [0.25, 0.3) is 0 Å². The lowest BCUT2D eigenvalue weighted by Gasteiger charge is -2.19. The smallest absolute Gasteiger partial charge is 0.0809 e. The van der Waals surface area contributed by atoms with Gasteiger partial charge < -0.3 is 5.32 Å². The largest absolute Gasteiger partial charge is 0.306 e. The number of hydrogen-bond acceptors (Lipinski definition) is 3. The molecule has 1 atom stereocenters. The minimum atomic E-state index is 0.208. The molecule has 0 amide bonds. The fourth-order valence-electron chi connectivity index (χ4n) is 2.60. The molecule has 3 heteroatoms. The van der Waals surface area contributed by atoms with Crippen LogP contribution in [-0.2, 0) is 6.42 Å². The number of benzene rings is 1. The number of fused-ring (bicyclic) bond motifs is 1. The maximum absolute atomic E-state index is 4.57. The van der Waals surface area contributed by atoms with E-state index in [0.717, 1.165) is 18.5 Å². The third kappa shape index (κ3) is 2.99. The van der Waals surface area contributed by atoms with Crippen molar-refractivity contribution in [3.05, 3.63) is 64.7 Å². The molecule has 3 aromatic rings. The Labute approximate surface area is 129 Å². The number of nitrogens with one attached hydrogen (secondary N) is 1. The van der Waals surface area contributed by atoms with E-state index in [-0.39, 0.29) is 6.04 Å². The molecule has 2 heterocycles. The molecule has 2 nitrogen and oxygen atoms in total. The standard InChI is InChI=1S/C18H20N2S/c1-3-13-5-7-14(8-6-13)18(19-4-2)15-11-17-16(20-12-15)9-10-21-17/h5-12,18-19H,3-4H2,1-2H3. The van der Waals surface area contributed by atoms with Crippen molar-refractivity contribution in [2.24, 2.45) is 0 Å². The van der Waals surface area contributed by atoms with Crippen LogP contribution < -0.4 is 5.32 Å². The van der Waals surface area contributed by atoms with Crippen LogP contribution in [0, 0.1) is 0 Å². The van der Waals surface area contributed by atoms with E-state index in [1.165, 1.54) is 21.4 Å². The van der Waals surface area contributed by atoms with Crippen molar-refractivity contribution < 1.29 is 0 Å². The van der Waals surface area contributed by atoms with E-state index in [4.69, 9.17) is 0 Å². The Balaban J connectivity index is 1.98. The van der Waals surface area contributed by atoms with Gasteiger partial charge in [0.15, 0.2) is 0 Å². The van der Waals surface area contributed by atoms with Crippen LogP contribution in [0.2, 0.25) is 0 Å². The first-order valence-corrected chi connectivity index (χ1v) is 8.35. The molecule has 0 fully saturated rings. The second kappa shape index (κ2) is 6.37. The molecule has 108 valence electrons. The van der Waals surface area contributed by atoms with Crippen LogP contribution in [0.25, 0.3) is 10.2 Å². The summed E-state index contributed by atoms with van der Waals surface area (Å²) in [5.41, 5.74) is 4.99. The zero-order valence-electron chi connectivity index (χ0n) is 12.5. The zero-order chi connectivity index (χ0) is 14.7. The summed E-state index contributed by atoms with van der Waals surface area (Å²) in [6.45, 7) is 5.26. The quantitative estimate of drug-likeness (QED) is 0.746. The van der Waals surface area contributed by atoms with Gasteiger partial charge in [-0.2, -0.15) is 0 Å². The highest BCUT2D eigenvalue weighted by Crippen LogP contribution is 2.27. The summed E-state index contributed by atoms with van der Waals surface area (Å²) in [6, 6.07) is 13.4. The van der Waals surface area contributed by atoms with E-state index in [0.29, 0.717) is 0 Å². The van der Waals surface area contributed by atoms with E-state index < -0.39 is 0 Å². The molecule has 0 saturated heterocycles. The Morgan fingerprint density at radius 1 is 1.10 bits per heavy atom. The molecule has 1 aromatic carbocycles. The number of nitrogens with zero attached hydrogens (tertiary/aromatic N) is 1. The van der Waals surface area contributed by atoms with Gasteiger partial charge in [-0.3, -0.25) is 4.98 Å². The van der Waals surface area contributed by atoms with Gasteiger partial charge in [-0.15, -0.1) is 11.3 Å². The van der Waals surface area contributed by atoms with Crippen LogP contribution in [0.1, 0.15) is 36.6 Å². The molecule has 0 bridgehead atoms. The highest BCUT2D eigenvalue weighted by Gasteiger charge is 2.14. The zero-order valence-corrected chi connectivity index (χ0v) is 13.3. The monoisotopic (exact) mass is 296 g/mol. The second-order valence-electron chi connectivity index (χ2n) is 5.16. The Bertz CT molecular complexity index is 715. The first-order valence-electron chi connectivity index (χ1n) is 7.47. The minimum absolute atomic E-state index is 0.208.